The van der Waals surface area contributed by atoms with Crippen LogP contribution in [0.2, 0.25) is 5.15 Å². The highest BCUT2D eigenvalue weighted by Gasteiger charge is 2.12. The van der Waals surface area contributed by atoms with Gasteiger partial charge in [-0.2, -0.15) is 10.2 Å². The van der Waals surface area contributed by atoms with Crippen molar-refractivity contribution in [2.45, 2.75) is 48.1 Å². The summed E-state index contributed by atoms with van der Waals surface area (Å²) in [5.74, 6) is 0.208. The summed E-state index contributed by atoms with van der Waals surface area (Å²) in [5.41, 5.74) is 8.44. The first kappa shape index (κ1) is 21.0. The fourth-order valence-corrected chi connectivity index (χ4v) is 3.31. The number of aromatic nitrogens is 2. The second kappa shape index (κ2) is 9.04. The number of benzene rings is 1. The van der Waals surface area contributed by atoms with Crippen LogP contribution in [0.4, 0.5) is 5.69 Å². The van der Waals surface area contributed by atoms with Crippen molar-refractivity contribution < 1.29 is 4.79 Å². The molecule has 0 saturated carbocycles. The van der Waals surface area contributed by atoms with E-state index in [2.05, 4.69) is 53.8 Å². The van der Waals surface area contributed by atoms with Gasteiger partial charge in [0.2, 0.25) is 0 Å². The zero-order valence-corrected chi connectivity index (χ0v) is 17.6. The summed E-state index contributed by atoms with van der Waals surface area (Å²) in [6.07, 6.45) is 1.54. The van der Waals surface area contributed by atoms with Crippen LogP contribution in [-0.2, 0) is 11.3 Å². The zero-order chi connectivity index (χ0) is 20.1. The largest absolute Gasteiger partial charge is 0.376 e. The Labute approximate surface area is 166 Å². The van der Waals surface area contributed by atoms with E-state index in [9.17, 15) is 4.79 Å². The lowest BCUT2D eigenvalue weighted by Crippen LogP contribution is -2.26. The Morgan fingerprint density at radius 1 is 1.26 bits per heavy atom. The minimum Gasteiger partial charge on any atom is -0.376 e. The highest BCUT2D eigenvalue weighted by atomic mass is 35.5. The van der Waals surface area contributed by atoms with E-state index >= 15 is 0 Å². The number of hydrogen-bond acceptors (Lipinski definition) is 4. The third-order valence-corrected chi connectivity index (χ3v) is 4.53. The van der Waals surface area contributed by atoms with Crippen molar-refractivity contribution in [3.05, 3.63) is 45.2 Å². The molecule has 2 rings (SSSR count). The molecule has 2 aromatic rings. The number of amides is 1. The number of carbonyl (C=O) groups is 1. The van der Waals surface area contributed by atoms with Crippen molar-refractivity contribution in [1.82, 2.24) is 15.2 Å². The molecule has 0 aliphatic carbocycles. The molecule has 146 valence electrons. The molecule has 1 heterocycles. The summed E-state index contributed by atoms with van der Waals surface area (Å²) in [6, 6.07) is 4.18. The minimum atomic E-state index is -0.228. The van der Waals surface area contributed by atoms with Gasteiger partial charge in [0.25, 0.3) is 5.91 Å². The molecule has 1 amide bonds. The smallest absolute Gasteiger partial charge is 0.259 e. The first-order valence-electron chi connectivity index (χ1n) is 9.05. The number of aryl methyl sites for hydroxylation is 4. The first-order valence-corrected chi connectivity index (χ1v) is 9.43. The summed E-state index contributed by atoms with van der Waals surface area (Å²) in [5, 5.41) is 12.2. The third-order valence-electron chi connectivity index (χ3n) is 4.13. The molecule has 27 heavy (non-hydrogen) atoms. The van der Waals surface area contributed by atoms with Gasteiger partial charge < -0.3 is 5.32 Å². The van der Waals surface area contributed by atoms with E-state index < -0.39 is 0 Å². The van der Waals surface area contributed by atoms with Gasteiger partial charge in [-0.3, -0.25) is 9.48 Å². The highest BCUT2D eigenvalue weighted by Crippen LogP contribution is 2.21. The molecule has 0 unspecified atom stereocenters. The first-order chi connectivity index (χ1) is 12.7. The van der Waals surface area contributed by atoms with Gasteiger partial charge >= 0.3 is 0 Å². The van der Waals surface area contributed by atoms with E-state index in [4.69, 9.17) is 11.6 Å². The van der Waals surface area contributed by atoms with Gasteiger partial charge in [-0.25, -0.2) is 5.43 Å². The summed E-state index contributed by atoms with van der Waals surface area (Å²) >= 11 is 6.36. The topological polar surface area (TPSA) is 71.3 Å². The van der Waals surface area contributed by atoms with Crippen LogP contribution in [0, 0.1) is 33.6 Å². The van der Waals surface area contributed by atoms with Crippen LogP contribution in [0.25, 0.3) is 0 Å². The van der Waals surface area contributed by atoms with Gasteiger partial charge in [-0.1, -0.05) is 43.1 Å². The number of halogens is 1. The zero-order valence-electron chi connectivity index (χ0n) is 16.9. The minimum absolute atomic E-state index is 0.140. The van der Waals surface area contributed by atoms with Gasteiger partial charge in [-0.15, -0.1) is 0 Å². The van der Waals surface area contributed by atoms with Crippen LogP contribution in [0.5, 0.6) is 0 Å². The van der Waals surface area contributed by atoms with Crippen molar-refractivity contribution >= 4 is 29.4 Å². The molecule has 6 nitrogen and oxygen atoms in total. The van der Waals surface area contributed by atoms with Gasteiger partial charge in [0, 0.05) is 12.2 Å². The fourth-order valence-electron chi connectivity index (χ4n) is 3.02. The lowest BCUT2D eigenvalue weighted by molar-refractivity contribution is -0.119. The van der Waals surface area contributed by atoms with Gasteiger partial charge in [0.05, 0.1) is 24.0 Å². The molecule has 2 N–H and O–H groups in total. The molecular formula is C20H28ClN5O. The molecule has 1 aromatic carbocycles. The maximum atomic E-state index is 12.1. The average molecular weight is 390 g/mol. The summed E-state index contributed by atoms with van der Waals surface area (Å²) < 4.78 is 1.76. The molecular weight excluding hydrogens is 362 g/mol. The number of carbonyl (C=O) groups excluding carboxylic acids is 1. The van der Waals surface area contributed by atoms with E-state index in [1.807, 2.05) is 20.8 Å². The van der Waals surface area contributed by atoms with E-state index in [-0.39, 0.29) is 12.5 Å². The lowest BCUT2D eigenvalue weighted by atomic mass is 10.1. The van der Waals surface area contributed by atoms with Crippen LogP contribution in [0.1, 0.15) is 41.8 Å². The van der Waals surface area contributed by atoms with E-state index in [0.29, 0.717) is 11.1 Å². The molecule has 0 aliphatic rings. The van der Waals surface area contributed by atoms with Crippen molar-refractivity contribution in [3.8, 4) is 0 Å². The number of hydrazone groups is 1. The molecule has 0 fully saturated rings. The molecule has 1 aromatic heterocycles. The third kappa shape index (κ3) is 5.57. The molecule has 0 atom stereocenters. The predicted molar refractivity (Wildman–Crippen MR) is 112 cm³/mol. The normalized spacial score (nSPS) is 11.4. The standard InChI is InChI=1S/C20H28ClN5O/c1-12(2)11-26-20(21)17(16(6)25-26)9-23-24-18(27)10-22-19-14(4)7-13(3)8-15(19)5/h7-9,12,22H,10-11H2,1-6H3,(H,24,27)/b23-9-. The molecule has 0 spiro atoms. The Morgan fingerprint density at radius 2 is 1.89 bits per heavy atom. The van der Waals surface area contributed by atoms with Gasteiger partial charge in [0.15, 0.2) is 0 Å². The maximum absolute atomic E-state index is 12.1. The fraction of sp³-hybridized carbons (Fsp3) is 0.450. The van der Waals surface area contributed by atoms with E-state index in [1.54, 1.807) is 10.9 Å². The maximum Gasteiger partial charge on any atom is 0.259 e. The number of rotatable bonds is 7. The predicted octanol–water partition coefficient (Wildman–Crippen LogP) is 3.99. The Morgan fingerprint density at radius 3 is 2.48 bits per heavy atom. The monoisotopic (exact) mass is 389 g/mol. The summed E-state index contributed by atoms with van der Waals surface area (Å²) in [6.45, 7) is 13.1. The average Bonchev–Trinajstić information content (AvgIpc) is 2.80. The Kier molecular flexibility index (Phi) is 7.02. The molecule has 0 bridgehead atoms. The second-order valence-electron chi connectivity index (χ2n) is 7.29. The Bertz CT molecular complexity index is 831. The van der Waals surface area contributed by atoms with Crippen LogP contribution < -0.4 is 10.7 Å². The van der Waals surface area contributed by atoms with Crippen LogP contribution in [-0.4, -0.2) is 28.4 Å². The van der Waals surface area contributed by atoms with Crippen molar-refractivity contribution in [1.29, 1.82) is 0 Å². The van der Waals surface area contributed by atoms with Crippen molar-refractivity contribution in [2.75, 3.05) is 11.9 Å². The van der Waals surface area contributed by atoms with Gasteiger partial charge in [0.1, 0.15) is 5.15 Å². The molecule has 7 heteroatoms. The van der Waals surface area contributed by atoms with E-state index in [0.717, 1.165) is 34.6 Å². The SMILES string of the molecule is Cc1cc(C)c(NCC(=O)N/N=C\c2c(C)nn(CC(C)C)c2Cl)c(C)c1. The van der Waals surface area contributed by atoms with Crippen molar-refractivity contribution in [2.24, 2.45) is 11.0 Å². The van der Waals surface area contributed by atoms with Gasteiger partial charge in [-0.05, 0) is 44.7 Å². The summed E-state index contributed by atoms with van der Waals surface area (Å²) in [4.78, 5) is 12.1. The lowest BCUT2D eigenvalue weighted by Gasteiger charge is -2.13. The number of anilines is 1. The van der Waals surface area contributed by atoms with Crippen molar-refractivity contribution in [3.63, 3.8) is 0 Å². The molecule has 0 radical (unpaired) electrons. The molecule has 0 aliphatic heterocycles. The number of nitrogens with zero attached hydrogens (tertiary/aromatic N) is 3. The Hall–Kier alpha value is -2.34. The number of nitrogens with one attached hydrogen (secondary N) is 2. The summed E-state index contributed by atoms with van der Waals surface area (Å²) in [7, 11) is 0. The Balaban J connectivity index is 1.95. The quantitative estimate of drug-likeness (QED) is 0.555. The number of hydrogen-bond donors (Lipinski definition) is 2. The van der Waals surface area contributed by atoms with Crippen LogP contribution in [0.15, 0.2) is 17.2 Å². The van der Waals surface area contributed by atoms with Crippen LogP contribution in [0.3, 0.4) is 0 Å². The molecule has 0 saturated heterocycles. The second-order valence-corrected chi connectivity index (χ2v) is 7.64. The van der Waals surface area contributed by atoms with E-state index in [1.165, 1.54) is 5.56 Å². The van der Waals surface area contributed by atoms with Crippen LogP contribution >= 0.6 is 11.6 Å². The highest BCUT2D eigenvalue weighted by molar-refractivity contribution is 6.32.